The van der Waals surface area contributed by atoms with Gasteiger partial charge >= 0.3 is 0 Å². The predicted octanol–water partition coefficient (Wildman–Crippen LogP) is 2.33. The largest absolute Gasteiger partial charge is 0.391 e. The molecule has 0 radical (unpaired) electrons. The van der Waals surface area contributed by atoms with E-state index in [0.717, 1.165) is 29.7 Å². The Labute approximate surface area is 177 Å². The van der Waals surface area contributed by atoms with Crippen molar-refractivity contribution in [2.24, 2.45) is 0 Å². The molecular formula is C23H31N3O4. The highest BCUT2D eigenvalue weighted by molar-refractivity contribution is 5.79. The number of carbonyl (C=O) groups excluding carboxylic acids is 2. The Kier molecular flexibility index (Phi) is 6.92. The van der Waals surface area contributed by atoms with Gasteiger partial charge in [-0.25, -0.2) is 0 Å². The highest BCUT2D eigenvalue weighted by atomic mass is 16.5. The van der Waals surface area contributed by atoms with Crippen molar-refractivity contribution in [3.05, 3.63) is 52.9 Å². The number of amides is 2. The van der Waals surface area contributed by atoms with Gasteiger partial charge in [0.15, 0.2) is 0 Å². The first-order chi connectivity index (χ1) is 14.3. The Morgan fingerprint density at radius 3 is 2.53 bits per heavy atom. The van der Waals surface area contributed by atoms with Gasteiger partial charge in [-0.05, 0) is 45.1 Å². The molecule has 1 fully saturated rings. The Bertz CT molecular complexity index is 860. The van der Waals surface area contributed by atoms with Crippen LogP contribution in [0.3, 0.4) is 0 Å². The summed E-state index contributed by atoms with van der Waals surface area (Å²) in [7, 11) is 0. The number of aliphatic hydroxyl groups is 1. The van der Waals surface area contributed by atoms with Crippen LogP contribution in [0.15, 0.2) is 34.9 Å². The van der Waals surface area contributed by atoms with Gasteiger partial charge in [0.25, 0.3) is 0 Å². The first-order valence-corrected chi connectivity index (χ1v) is 10.5. The Hall–Kier alpha value is -2.67. The molecule has 0 saturated heterocycles. The van der Waals surface area contributed by atoms with E-state index >= 15 is 0 Å². The van der Waals surface area contributed by atoms with Crippen LogP contribution < -0.4 is 10.6 Å². The number of hydrogen-bond acceptors (Lipinski definition) is 5. The molecule has 0 bridgehead atoms. The number of nitrogens with one attached hydrogen (secondary N) is 2. The lowest BCUT2D eigenvalue weighted by Gasteiger charge is -2.34. The predicted molar refractivity (Wildman–Crippen MR) is 113 cm³/mol. The topological polar surface area (TPSA) is 104 Å². The number of aryl methyl sites for hydroxylation is 2. The van der Waals surface area contributed by atoms with Crippen LogP contribution in [0.5, 0.6) is 0 Å². The molecule has 0 aliphatic heterocycles. The minimum Gasteiger partial charge on any atom is -0.391 e. The fraction of sp³-hybridized carbons (Fsp3) is 0.522. The normalized spacial score (nSPS) is 24.1. The van der Waals surface area contributed by atoms with Crippen LogP contribution in [0.25, 0.3) is 0 Å². The molecule has 0 spiro atoms. The van der Waals surface area contributed by atoms with Gasteiger partial charge in [-0.2, -0.15) is 0 Å². The van der Waals surface area contributed by atoms with E-state index in [9.17, 15) is 14.7 Å². The maximum atomic E-state index is 12.7. The van der Waals surface area contributed by atoms with Crippen molar-refractivity contribution in [2.45, 2.75) is 70.4 Å². The summed E-state index contributed by atoms with van der Waals surface area (Å²) < 4.78 is 5.16. The van der Waals surface area contributed by atoms with Crippen molar-refractivity contribution in [2.75, 3.05) is 6.54 Å². The maximum Gasteiger partial charge on any atom is 0.224 e. The molecule has 2 amide bonds. The molecule has 0 unspecified atom stereocenters. The smallest absolute Gasteiger partial charge is 0.224 e. The summed E-state index contributed by atoms with van der Waals surface area (Å²) in [6, 6.07) is 9.84. The molecule has 1 aliphatic carbocycles. The van der Waals surface area contributed by atoms with Crippen LogP contribution in [0.4, 0.5) is 0 Å². The molecule has 30 heavy (non-hydrogen) atoms. The van der Waals surface area contributed by atoms with Gasteiger partial charge < -0.3 is 20.3 Å². The number of rotatable bonds is 6. The number of nitrogens with zero attached hydrogens (tertiary/aromatic N) is 1. The number of aromatic nitrogens is 1. The molecule has 7 nitrogen and oxygen atoms in total. The molecule has 1 aliphatic rings. The van der Waals surface area contributed by atoms with Crippen LogP contribution >= 0.6 is 0 Å². The molecule has 162 valence electrons. The van der Waals surface area contributed by atoms with Gasteiger partial charge in [0.1, 0.15) is 5.76 Å². The summed E-state index contributed by atoms with van der Waals surface area (Å²) in [5.74, 6) is 0.443. The minimum absolute atomic E-state index is 0.0806. The lowest BCUT2D eigenvalue weighted by molar-refractivity contribution is -0.121. The number of aliphatic hydroxyl groups excluding tert-OH is 1. The van der Waals surface area contributed by atoms with Crippen molar-refractivity contribution in [1.29, 1.82) is 0 Å². The lowest BCUT2D eigenvalue weighted by atomic mass is 9.74. The maximum absolute atomic E-state index is 12.7. The highest BCUT2D eigenvalue weighted by Crippen LogP contribution is 2.38. The molecule has 3 rings (SSSR count). The first-order valence-electron chi connectivity index (χ1n) is 10.5. The minimum atomic E-state index is -0.600. The first kappa shape index (κ1) is 22.0. The Balaban J connectivity index is 1.76. The third-order valence-electron chi connectivity index (χ3n) is 6.23. The average molecular weight is 414 g/mol. The Morgan fingerprint density at radius 2 is 1.90 bits per heavy atom. The second-order valence-corrected chi connectivity index (χ2v) is 8.35. The standard InChI is InChI=1S/C23H31N3O4/c1-15-19(16(2)30-26-15)13-22(29)24-14-23(18-7-5-4-6-8-18)11-9-20(25-17(3)27)21(28)10-12-23/h4-8,20-21,28H,9-14H2,1-3H3,(H,24,29)(H,25,27)/t20-,21-,23-/m0/s1. The van der Waals surface area contributed by atoms with E-state index in [2.05, 4.69) is 27.9 Å². The molecule has 1 aromatic heterocycles. The zero-order chi connectivity index (χ0) is 21.7. The molecule has 1 heterocycles. The SMILES string of the molecule is CC(=O)N[C@H]1CC[C@](CNC(=O)Cc2c(C)noc2C)(c2ccccc2)CC[C@@H]1O. The molecular weight excluding hydrogens is 382 g/mol. The fourth-order valence-electron chi connectivity index (χ4n) is 4.41. The monoisotopic (exact) mass is 413 g/mol. The van der Waals surface area contributed by atoms with E-state index in [0.29, 0.717) is 25.1 Å². The van der Waals surface area contributed by atoms with E-state index in [-0.39, 0.29) is 29.7 Å². The van der Waals surface area contributed by atoms with Crippen molar-refractivity contribution in [1.82, 2.24) is 15.8 Å². The quantitative estimate of drug-likeness (QED) is 0.631. The molecule has 1 saturated carbocycles. The second kappa shape index (κ2) is 9.43. The summed E-state index contributed by atoms with van der Waals surface area (Å²) >= 11 is 0. The van der Waals surface area contributed by atoms with Gasteiger partial charge in [-0.1, -0.05) is 35.5 Å². The van der Waals surface area contributed by atoms with E-state index < -0.39 is 6.10 Å². The van der Waals surface area contributed by atoms with E-state index in [1.54, 1.807) is 0 Å². The van der Waals surface area contributed by atoms with Gasteiger partial charge in [0.2, 0.25) is 11.8 Å². The van der Waals surface area contributed by atoms with Crippen molar-refractivity contribution >= 4 is 11.8 Å². The molecule has 7 heteroatoms. The van der Waals surface area contributed by atoms with Crippen LogP contribution in [-0.4, -0.2) is 40.8 Å². The van der Waals surface area contributed by atoms with Crippen molar-refractivity contribution in [3.8, 4) is 0 Å². The van der Waals surface area contributed by atoms with Gasteiger partial charge in [0, 0.05) is 24.4 Å². The third-order valence-corrected chi connectivity index (χ3v) is 6.23. The van der Waals surface area contributed by atoms with Crippen LogP contribution in [-0.2, 0) is 21.4 Å². The highest BCUT2D eigenvalue weighted by Gasteiger charge is 2.38. The average Bonchev–Trinajstić information content (AvgIpc) is 2.95. The van der Waals surface area contributed by atoms with E-state index in [1.807, 2.05) is 32.0 Å². The molecule has 2 aromatic rings. The second-order valence-electron chi connectivity index (χ2n) is 8.35. The zero-order valence-electron chi connectivity index (χ0n) is 17.9. The molecule has 3 atom stereocenters. The van der Waals surface area contributed by atoms with Crippen molar-refractivity contribution in [3.63, 3.8) is 0 Å². The zero-order valence-corrected chi connectivity index (χ0v) is 17.9. The Morgan fingerprint density at radius 1 is 1.20 bits per heavy atom. The molecule has 1 aromatic carbocycles. The van der Waals surface area contributed by atoms with Crippen LogP contribution in [0, 0.1) is 13.8 Å². The lowest BCUT2D eigenvalue weighted by Crippen LogP contribution is -2.42. The number of carbonyl (C=O) groups is 2. The van der Waals surface area contributed by atoms with Crippen molar-refractivity contribution < 1.29 is 19.2 Å². The van der Waals surface area contributed by atoms with Gasteiger partial charge in [0.05, 0.1) is 24.3 Å². The van der Waals surface area contributed by atoms with Crippen LogP contribution in [0.2, 0.25) is 0 Å². The third kappa shape index (κ3) is 5.08. The summed E-state index contributed by atoms with van der Waals surface area (Å²) in [6.07, 6.45) is 2.31. The van der Waals surface area contributed by atoms with E-state index in [1.165, 1.54) is 6.92 Å². The van der Waals surface area contributed by atoms with Gasteiger partial charge in [-0.15, -0.1) is 0 Å². The van der Waals surface area contributed by atoms with Gasteiger partial charge in [-0.3, -0.25) is 9.59 Å². The summed E-state index contributed by atoms with van der Waals surface area (Å²) in [5.41, 5.74) is 2.39. The summed E-state index contributed by atoms with van der Waals surface area (Å²) in [6.45, 7) is 5.58. The van der Waals surface area contributed by atoms with E-state index in [4.69, 9.17) is 4.52 Å². The van der Waals surface area contributed by atoms with Crippen LogP contribution in [0.1, 0.15) is 55.2 Å². The fourth-order valence-corrected chi connectivity index (χ4v) is 4.41. The number of hydrogen-bond donors (Lipinski definition) is 3. The number of benzene rings is 1. The summed E-state index contributed by atoms with van der Waals surface area (Å²) in [5, 5.41) is 20.5. The summed E-state index contributed by atoms with van der Waals surface area (Å²) in [4.78, 5) is 24.2. The molecule has 3 N–H and O–H groups in total.